The van der Waals surface area contributed by atoms with E-state index in [2.05, 4.69) is 11.4 Å². The van der Waals surface area contributed by atoms with Crippen LogP contribution in [0, 0.1) is 11.3 Å². The van der Waals surface area contributed by atoms with Crippen molar-refractivity contribution in [3.05, 3.63) is 45.8 Å². The highest BCUT2D eigenvalue weighted by Crippen LogP contribution is 2.37. The minimum Gasteiger partial charge on any atom is -0.452 e. The van der Waals surface area contributed by atoms with Gasteiger partial charge in [0.05, 0.1) is 29.2 Å². The largest absolute Gasteiger partial charge is 0.452 e. The van der Waals surface area contributed by atoms with Crippen LogP contribution in [0.25, 0.3) is 0 Å². The third kappa shape index (κ3) is 5.09. The zero-order chi connectivity index (χ0) is 23.4. The zero-order valence-corrected chi connectivity index (χ0v) is 19.5. The molecule has 33 heavy (non-hydrogen) atoms. The second-order valence-electron chi connectivity index (χ2n) is 7.70. The topological polar surface area (TPSA) is 126 Å². The Labute approximate surface area is 196 Å². The molecule has 0 spiro atoms. The van der Waals surface area contributed by atoms with Crippen LogP contribution < -0.4 is 5.32 Å². The highest BCUT2D eigenvalue weighted by molar-refractivity contribution is 7.89. The van der Waals surface area contributed by atoms with Gasteiger partial charge in [0, 0.05) is 18.0 Å². The first kappa shape index (κ1) is 23.4. The number of amides is 1. The molecular weight excluding hydrogens is 466 g/mol. The Morgan fingerprint density at radius 2 is 1.97 bits per heavy atom. The molecule has 0 radical (unpaired) electrons. The summed E-state index contributed by atoms with van der Waals surface area (Å²) in [5.74, 6) is -1.37. The van der Waals surface area contributed by atoms with Gasteiger partial charge in [-0.25, -0.2) is 13.2 Å². The summed E-state index contributed by atoms with van der Waals surface area (Å²) < 4.78 is 37.2. The van der Waals surface area contributed by atoms with Gasteiger partial charge in [0.2, 0.25) is 10.0 Å². The van der Waals surface area contributed by atoms with Crippen LogP contribution in [0.15, 0.2) is 29.2 Å². The van der Waals surface area contributed by atoms with Gasteiger partial charge in [0.1, 0.15) is 11.1 Å². The molecule has 2 heterocycles. The summed E-state index contributed by atoms with van der Waals surface area (Å²) in [7, 11) is -3.76. The molecule has 1 aromatic heterocycles. The van der Waals surface area contributed by atoms with E-state index in [1.807, 2.05) is 0 Å². The number of hydrogen-bond acceptors (Lipinski definition) is 8. The molecule has 2 aromatic rings. The molecule has 11 heteroatoms. The monoisotopic (exact) mass is 489 g/mol. The third-order valence-electron chi connectivity index (χ3n) is 5.55. The Kier molecular flexibility index (Phi) is 7.09. The van der Waals surface area contributed by atoms with Crippen molar-refractivity contribution in [1.29, 1.82) is 5.26 Å². The van der Waals surface area contributed by atoms with Gasteiger partial charge < -0.3 is 14.8 Å². The number of morpholine rings is 1. The lowest BCUT2D eigenvalue weighted by atomic mass is 9.96. The number of ether oxygens (including phenoxy) is 2. The predicted molar refractivity (Wildman–Crippen MR) is 121 cm³/mol. The minimum absolute atomic E-state index is 0.0221. The van der Waals surface area contributed by atoms with Crippen molar-refractivity contribution < 1.29 is 27.5 Å². The molecule has 9 nitrogen and oxygen atoms in total. The van der Waals surface area contributed by atoms with Gasteiger partial charge in [-0.2, -0.15) is 9.57 Å². The first-order valence-corrected chi connectivity index (χ1v) is 12.9. The van der Waals surface area contributed by atoms with Gasteiger partial charge in [-0.05, 0) is 49.4 Å². The smallest absolute Gasteiger partial charge is 0.338 e. The molecule has 4 rings (SSSR count). The Balaban J connectivity index is 1.39. The molecule has 0 bridgehead atoms. The number of benzene rings is 1. The molecule has 2 aliphatic rings. The second-order valence-corrected chi connectivity index (χ2v) is 10.7. The molecule has 0 unspecified atom stereocenters. The van der Waals surface area contributed by atoms with Crippen molar-refractivity contribution in [2.24, 2.45) is 0 Å². The fraction of sp³-hybridized carbons (Fsp3) is 0.409. The average molecular weight is 490 g/mol. The number of nitrogens with zero attached hydrogens (tertiary/aromatic N) is 2. The van der Waals surface area contributed by atoms with E-state index in [9.17, 15) is 23.3 Å². The van der Waals surface area contributed by atoms with E-state index in [0.29, 0.717) is 23.8 Å². The van der Waals surface area contributed by atoms with Gasteiger partial charge in [-0.1, -0.05) is 6.07 Å². The van der Waals surface area contributed by atoms with E-state index in [-0.39, 0.29) is 23.5 Å². The number of thiophene rings is 1. The van der Waals surface area contributed by atoms with E-state index in [1.165, 1.54) is 39.9 Å². The molecule has 1 aliphatic carbocycles. The number of carbonyl (C=O) groups excluding carboxylic acids is 2. The number of fused-ring (bicyclic) bond motifs is 1. The van der Waals surface area contributed by atoms with Crippen molar-refractivity contribution in [2.75, 3.05) is 38.2 Å². The molecule has 1 N–H and O–H groups in total. The fourth-order valence-corrected chi connectivity index (χ4v) is 6.58. The van der Waals surface area contributed by atoms with E-state index >= 15 is 0 Å². The summed E-state index contributed by atoms with van der Waals surface area (Å²) in [6, 6.07) is 7.71. The summed E-state index contributed by atoms with van der Waals surface area (Å²) in [4.78, 5) is 25.9. The number of aryl methyl sites for hydroxylation is 1. The molecule has 1 aromatic carbocycles. The number of nitrogens with one attached hydrogen (secondary N) is 1. The maximum atomic E-state index is 12.8. The maximum absolute atomic E-state index is 12.8. The van der Waals surface area contributed by atoms with E-state index in [4.69, 9.17) is 9.47 Å². The SMILES string of the molecule is N#Cc1c(NC(=O)COC(=O)c2cccc(S(=O)(=O)N3CCOCC3)c2)sc2c1CCCC2. The summed E-state index contributed by atoms with van der Waals surface area (Å²) in [6.45, 7) is 0.572. The standard InChI is InChI=1S/C22H23N3O6S2/c23-13-18-17-6-1-2-7-19(17)32-21(18)24-20(26)14-31-22(27)15-4-3-5-16(12-15)33(28,29)25-8-10-30-11-9-25/h3-5,12H,1-2,6-11,14H2,(H,24,26). The first-order chi connectivity index (χ1) is 15.9. The molecule has 1 aliphatic heterocycles. The summed E-state index contributed by atoms with van der Waals surface area (Å²) in [6.07, 6.45) is 3.79. The Morgan fingerprint density at radius 1 is 1.21 bits per heavy atom. The molecule has 1 fully saturated rings. The highest BCUT2D eigenvalue weighted by Gasteiger charge is 2.27. The number of nitriles is 1. The highest BCUT2D eigenvalue weighted by atomic mass is 32.2. The molecule has 1 amide bonds. The molecule has 1 saturated heterocycles. The van der Waals surface area contributed by atoms with Crippen molar-refractivity contribution >= 4 is 38.2 Å². The Hall–Kier alpha value is -2.78. The average Bonchev–Trinajstić information content (AvgIpc) is 3.20. The van der Waals surface area contributed by atoms with Gasteiger partial charge >= 0.3 is 5.97 Å². The number of rotatable bonds is 6. The van der Waals surface area contributed by atoms with Crippen LogP contribution in [0.4, 0.5) is 5.00 Å². The zero-order valence-electron chi connectivity index (χ0n) is 17.8. The lowest BCUT2D eigenvalue weighted by Gasteiger charge is -2.26. The number of carbonyl (C=O) groups is 2. The summed E-state index contributed by atoms with van der Waals surface area (Å²) in [5, 5.41) is 12.6. The quantitative estimate of drug-likeness (QED) is 0.617. The third-order valence-corrected chi connectivity index (χ3v) is 8.65. The molecule has 174 valence electrons. The Bertz CT molecular complexity index is 1210. The van der Waals surface area contributed by atoms with Crippen LogP contribution in [0.1, 0.15) is 39.2 Å². The van der Waals surface area contributed by atoms with Crippen molar-refractivity contribution in [3.63, 3.8) is 0 Å². The van der Waals surface area contributed by atoms with Crippen molar-refractivity contribution in [1.82, 2.24) is 4.31 Å². The summed E-state index contributed by atoms with van der Waals surface area (Å²) >= 11 is 1.39. The fourth-order valence-electron chi connectivity index (χ4n) is 3.87. The lowest BCUT2D eigenvalue weighted by Crippen LogP contribution is -2.40. The second kappa shape index (κ2) is 10.0. The van der Waals surface area contributed by atoms with E-state index in [1.54, 1.807) is 0 Å². The van der Waals surface area contributed by atoms with Crippen LogP contribution in [-0.4, -0.2) is 57.5 Å². The first-order valence-electron chi connectivity index (χ1n) is 10.6. The van der Waals surface area contributed by atoms with E-state index < -0.39 is 28.5 Å². The van der Waals surface area contributed by atoms with Crippen LogP contribution >= 0.6 is 11.3 Å². The summed E-state index contributed by atoms with van der Waals surface area (Å²) in [5.41, 5.74) is 1.51. The number of esters is 1. The number of hydrogen-bond donors (Lipinski definition) is 1. The minimum atomic E-state index is -3.76. The molecular formula is C22H23N3O6S2. The number of anilines is 1. The van der Waals surface area contributed by atoms with Crippen molar-refractivity contribution in [3.8, 4) is 6.07 Å². The molecule has 0 atom stereocenters. The maximum Gasteiger partial charge on any atom is 0.338 e. The van der Waals surface area contributed by atoms with Crippen LogP contribution in [0.2, 0.25) is 0 Å². The van der Waals surface area contributed by atoms with Gasteiger partial charge in [0.15, 0.2) is 6.61 Å². The Morgan fingerprint density at radius 3 is 2.73 bits per heavy atom. The van der Waals surface area contributed by atoms with Crippen molar-refractivity contribution in [2.45, 2.75) is 30.6 Å². The molecule has 0 saturated carbocycles. The van der Waals surface area contributed by atoms with Crippen LogP contribution in [0.5, 0.6) is 0 Å². The predicted octanol–water partition coefficient (Wildman–Crippen LogP) is 2.31. The van der Waals surface area contributed by atoms with Gasteiger partial charge in [0.25, 0.3) is 5.91 Å². The number of sulfonamides is 1. The van der Waals surface area contributed by atoms with Gasteiger partial charge in [-0.3, -0.25) is 4.79 Å². The van der Waals surface area contributed by atoms with Gasteiger partial charge in [-0.15, -0.1) is 11.3 Å². The van der Waals surface area contributed by atoms with E-state index in [0.717, 1.165) is 36.1 Å². The normalized spacial score (nSPS) is 16.5. The van der Waals surface area contributed by atoms with Crippen LogP contribution in [-0.2, 0) is 37.1 Å². The van der Waals surface area contributed by atoms with Crippen LogP contribution in [0.3, 0.4) is 0 Å². The lowest BCUT2D eigenvalue weighted by molar-refractivity contribution is -0.119.